The first-order valence-electron chi connectivity index (χ1n) is 7.90. The molecule has 0 aromatic carbocycles. The lowest BCUT2D eigenvalue weighted by atomic mass is 10.2. The highest BCUT2D eigenvalue weighted by atomic mass is 16.2. The Kier molecular flexibility index (Phi) is 4.15. The van der Waals surface area contributed by atoms with E-state index in [-0.39, 0.29) is 17.9 Å². The molecule has 1 aliphatic carbocycles. The summed E-state index contributed by atoms with van der Waals surface area (Å²) in [6, 6.07) is 2.02. The van der Waals surface area contributed by atoms with Gasteiger partial charge in [-0.3, -0.25) is 19.6 Å². The molecule has 22 heavy (non-hydrogen) atoms. The number of carbonyl (C=O) groups excluding carboxylic acids is 2. The van der Waals surface area contributed by atoms with Crippen LogP contribution in [0.4, 0.5) is 0 Å². The Bertz CT molecular complexity index is 558. The highest BCUT2D eigenvalue weighted by Gasteiger charge is 2.31. The number of H-pyrrole nitrogens is 1. The summed E-state index contributed by atoms with van der Waals surface area (Å²) in [6.07, 6.45) is 2.20. The van der Waals surface area contributed by atoms with Crippen molar-refractivity contribution >= 4 is 11.8 Å². The van der Waals surface area contributed by atoms with E-state index >= 15 is 0 Å². The van der Waals surface area contributed by atoms with Crippen molar-refractivity contribution in [3.63, 3.8) is 0 Å². The summed E-state index contributed by atoms with van der Waals surface area (Å²) in [4.78, 5) is 28.3. The molecular formula is C15H23N5O2. The van der Waals surface area contributed by atoms with Crippen molar-refractivity contribution in [2.24, 2.45) is 0 Å². The summed E-state index contributed by atoms with van der Waals surface area (Å²) in [5.41, 5.74) is 1.35. The van der Waals surface area contributed by atoms with Gasteiger partial charge in [0, 0.05) is 37.9 Å². The van der Waals surface area contributed by atoms with Crippen LogP contribution in [-0.2, 0) is 4.79 Å². The van der Waals surface area contributed by atoms with Crippen LogP contribution in [-0.4, -0.2) is 70.1 Å². The van der Waals surface area contributed by atoms with Crippen LogP contribution in [0, 0.1) is 6.92 Å². The number of aromatic amines is 1. The quantitative estimate of drug-likeness (QED) is 0.829. The average Bonchev–Trinajstić information content (AvgIpc) is 3.24. The number of nitrogens with zero attached hydrogens (tertiary/aromatic N) is 3. The van der Waals surface area contributed by atoms with E-state index in [9.17, 15) is 9.59 Å². The molecule has 0 bridgehead atoms. The Morgan fingerprint density at radius 3 is 2.55 bits per heavy atom. The summed E-state index contributed by atoms with van der Waals surface area (Å²) in [6.45, 7) is 6.51. The number of hydrogen-bond donors (Lipinski definition) is 2. The van der Waals surface area contributed by atoms with Gasteiger partial charge in [-0.15, -0.1) is 0 Å². The number of nitrogens with one attached hydrogen (secondary N) is 2. The van der Waals surface area contributed by atoms with E-state index in [1.54, 1.807) is 11.0 Å². The van der Waals surface area contributed by atoms with E-state index < -0.39 is 0 Å². The molecule has 1 aromatic rings. The fourth-order valence-electron chi connectivity index (χ4n) is 2.72. The van der Waals surface area contributed by atoms with Gasteiger partial charge in [0.25, 0.3) is 5.91 Å². The van der Waals surface area contributed by atoms with Crippen LogP contribution in [0.25, 0.3) is 0 Å². The maximum atomic E-state index is 12.3. The maximum Gasteiger partial charge on any atom is 0.274 e. The molecule has 1 unspecified atom stereocenters. The van der Waals surface area contributed by atoms with Gasteiger partial charge >= 0.3 is 0 Å². The second kappa shape index (κ2) is 6.08. The number of aryl methyl sites for hydroxylation is 1. The van der Waals surface area contributed by atoms with Crippen LogP contribution in [0.5, 0.6) is 0 Å². The van der Waals surface area contributed by atoms with Crippen molar-refractivity contribution in [2.75, 3.05) is 26.2 Å². The predicted octanol–water partition coefficient (Wildman–Crippen LogP) is 0.143. The van der Waals surface area contributed by atoms with E-state index in [1.807, 2.05) is 13.8 Å². The van der Waals surface area contributed by atoms with Crippen molar-refractivity contribution < 1.29 is 9.59 Å². The van der Waals surface area contributed by atoms with Gasteiger partial charge in [-0.25, -0.2) is 0 Å². The molecule has 120 valence electrons. The third-order valence-electron chi connectivity index (χ3n) is 4.38. The predicted molar refractivity (Wildman–Crippen MR) is 81.4 cm³/mol. The number of rotatable bonds is 4. The largest absolute Gasteiger partial charge is 0.352 e. The molecule has 1 aromatic heterocycles. The lowest BCUT2D eigenvalue weighted by molar-refractivity contribution is -0.126. The minimum atomic E-state index is -0.134. The molecule has 2 fully saturated rings. The number of amides is 2. The summed E-state index contributed by atoms with van der Waals surface area (Å²) in [7, 11) is 0. The normalized spacial score (nSPS) is 20.7. The van der Waals surface area contributed by atoms with E-state index in [2.05, 4.69) is 20.4 Å². The molecule has 2 heterocycles. The fourth-order valence-corrected chi connectivity index (χ4v) is 2.72. The zero-order valence-electron chi connectivity index (χ0n) is 13.1. The van der Waals surface area contributed by atoms with Crippen molar-refractivity contribution in [2.45, 2.75) is 38.8 Å². The lowest BCUT2D eigenvalue weighted by Crippen LogP contribution is -2.55. The van der Waals surface area contributed by atoms with Crippen molar-refractivity contribution in [1.82, 2.24) is 25.3 Å². The standard InChI is InChI=1S/C15H23N5O2/c1-10-9-13(18-17-10)15(22)20-7-5-19(6-8-20)11(2)14(21)16-12-3-4-12/h9,11-12H,3-8H2,1-2H3,(H,16,21)(H,17,18). The topological polar surface area (TPSA) is 81.3 Å². The smallest absolute Gasteiger partial charge is 0.274 e. The number of hydrogen-bond acceptors (Lipinski definition) is 4. The Hall–Kier alpha value is -1.89. The van der Waals surface area contributed by atoms with Gasteiger partial charge in [0.15, 0.2) is 0 Å². The molecule has 1 saturated carbocycles. The van der Waals surface area contributed by atoms with E-state index in [0.717, 1.165) is 18.5 Å². The van der Waals surface area contributed by atoms with Crippen LogP contribution in [0.15, 0.2) is 6.07 Å². The number of carbonyl (C=O) groups is 2. The Balaban J connectivity index is 1.51. The lowest BCUT2D eigenvalue weighted by Gasteiger charge is -2.37. The number of piperazine rings is 1. The fraction of sp³-hybridized carbons (Fsp3) is 0.667. The molecule has 1 saturated heterocycles. The van der Waals surface area contributed by atoms with Crippen LogP contribution in [0.2, 0.25) is 0 Å². The Morgan fingerprint density at radius 2 is 2.00 bits per heavy atom. The molecule has 1 aliphatic heterocycles. The summed E-state index contributed by atoms with van der Waals surface area (Å²) >= 11 is 0. The zero-order chi connectivity index (χ0) is 15.7. The molecule has 0 radical (unpaired) electrons. The maximum absolute atomic E-state index is 12.3. The summed E-state index contributed by atoms with van der Waals surface area (Å²) in [5, 5.41) is 9.85. The molecule has 0 spiro atoms. The first-order chi connectivity index (χ1) is 10.5. The van der Waals surface area contributed by atoms with Gasteiger partial charge in [0.2, 0.25) is 5.91 Å². The molecule has 7 heteroatoms. The third kappa shape index (κ3) is 3.30. The molecule has 2 N–H and O–H groups in total. The molecule has 2 aliphatic rings. The number of aromatic nitrogens is 2. The second-order valence-corrected chi connectivity index (χ2v) is 6.22. The average molecular weight is 305 g/mol. The zero-order valence-corrected chi connectivity index (χ0v) is 13.1. The van der Waals surface area contributed by atoms with Crippen LogP contribution in [0.1, 0.15) is 35.9 Å². The van der Waals surface area contributed by atoms with Crippen molar-refractivity contribution in [3.05, 3.63) is 17.5 Å². The monoisotopic (exact) mass is 305 g/mol. The molecule has 7 nitrogen and oxygen atoms in total. The van der Waals surface area contributed by atoms with Crippen molar-refractivity contribution in [1.29, 1.82) is 0 Å². The van der Waals surface area contributed by atoms with E-state index in [0.29, 0.717) is 37.9 Å². The van der Waals surface area contributed by atoms with Gasteiger partial charge in [-0.2, -0.15) is 5.10 Å². The summed E-state index contributed by atoms with van der Waals surface area (Å²) < 4.78 is 0. The van der Waals surface area contributed by atoms with Gasteiger partial charge in [-0.05, 0) is 32.8 Å². The molecule has 3 rings (SSSR count). The van der Waals surface area contributed by atoms with Gasteiger partial charge in [0.05, 0.1) is 6.04 Å². The minimum absolute atomic E-state index is 0.0425. The van der Waals surface area contributed by atoms with Crippen LogP contribution >= 0.6 is 0 Å². The van der Waals surface area contributed by atoms with Gasteiger partial charge in [-0.1, -0.05) is 0 Å². The first-order valence-corrected chi connectivity index (χ1v) is 7.90. The highest BCUT2D eigenvalue weighted by Crippen LogP contribution is 2.19. The first kappa shape index (κ1) is 15.0. The SMILES string of the molecule is Cc1cc(C(=O)N2CCN(C(C)C(=O)NC3CC3)CC2)n[nH]1. The minimum Gasteiger partial charge on any atom is -0.352 e. The van der Waals surface area contributed by atoms with Crippen molar-refractivity contribution in [3.8, 4) is 0 Å². The summed E-state index contributed by atoms with van der Waals surface area (Å²) in [5.74, 6) is 0.0595. The van der Waals surface area contributed by atoms with E-state index in [1.165, 1.54) is 0 Å². The van der Waals surface area contributed by atoms with Crippen LogP contribution in [0.3, 0.4) is 0 Å². The molecular weight excluding hydrogens is 282 g/mol. The second-order valence-electron chi connectivity index (χ2n) is 6.22. The Morgan fingerprint density at radius 1 is 1.32 bits per heavy atom. The molecule has 1 atom stereocenters. The highest BCUT2D eigenvalue weighted by molar-refractivity contribution is 5.92. The van der Waals surface area contributed by atoms with E-state index in [4.69, 9.17) is 0 Å². The van der Waals surface area contributed by atoms with Gasteiger partial charge in [0.1, 0.15) is 5.69 Å². The third-order valence-corrected chi connectivity index (χ3v) is 4.38. The van der Waals surface area contributed by atoms with Crippen LogP contribution < -0.4 is 5.32 Å². The Labute approximate surface area is 130 Å². The van der Waals surface area contributed by atoms with Gasteiger partial charge < -0.3 is 10.2 Å². The molecule has 2 amide bonds.